The second-order valence-electron chi connectivity index (χ2n) is 4.98. The third-order valence-electron chi connectivity index (χ3n) is 3.64. The fraction of sp³-hybridized carbons (Fsp3) is 0.294. The number of hydrogen-bond acceptors (Lipinski definition) is 2. The van der Waals surface area contributed by atoms with Gasteiger partial charge in [0.1, 0.15) is 11.6 Å². The quantitative estimate of drug-likeness (QED) is 0.918. The lowest BCUT2D eigenvalue weighted by atomic mass is 9.99. The molecule has 0 atom stereocenters. The number of halogens is 1. The lowest BCUT2D eigenvalue weighted by molar-refractivity contribution is 0.358. The van der Waals surface area contributed by atoms with Crippen LogP contribution in [0.3, 0.4) is 0 Å². The van der Waals surface area contributed by atoms with Crippen LogP contribution in [0.4, 0.5) is 4.39 Å². The molecule has 20 heavy (non-hydrogen) atoms. The Morgan fingerprint density at radius 2 is 2.15 bits per heavy atom. The monoisotopic (exact) mass is 271 g/mol. The summed E-state index contributed by atoms with van der Waals surface area (Å²) in [6.07, 6.45) is 0.953. The molecular weight excluding hydrogens is 253 g/mol. The molecule has 104 valence electrons. The van der Waals surface area contributed by atoms with Gasteiger partial charge in [-0.25, -0.2) is 4.39 Å². The maximum Gasteiger partial charge on any atom is 0.130 e. The molecule has 0 aromatic heterocycles. The van der Waals surface area contributed by atoms with Gasteiger partial charge < -0.3 is 10.1 Å². The Morgan fingerprint density at radius 1 is 1.25 bits per heavy atom. The fourth-order valence-corrected chi connectivity index (χ4v) is 2.58. The van der Waals surface area contributed by atoms with Crippen LogP contribution in [0.25, 0.3) is 11.1 Å². The van der Waals surface area contributed by atoms with Crippen LogP contribution in [0.15, 0.2) is 36.4 Å². The maximum absolute atomic E-state index is 13.8. The van der Waals surface area contributed by atoms with Crippen molar-refractivity contribution < 1.29 is 9.13 Å². The summed E-state index contributed by atoms with van der Waals surface area (Å²) in [7, 11) is 0. The van der Waals surface area contributed by atoms with E-state index in [1.54, 1.807) is 0 Å². The van der Waals surface area contributed by atoms with Gasteiger partial charge in [0, 0.05) is 24.1 Å². The molecule has 1 aliphatic rings. The van der Waals surface area contributed by atoms with E-state index in [1.165, 1.54) is 11.6 Å². The van der Waals surface area contributed by atoms with Gasteiger partial charge in [-0.2, -0.15) is 0 Å². The van der Waals surface area contributed by atoms with Crippen LogP contribution in [0.1, 0.15) is 18.1 Å². The van der Waals surface area contributed by atoms with Crippen molar-refractivity contribution in [3.63, 3.8) is 0 Å². The van der Waals surface area contributed by atoms with Crippen LogP contribution in [-0.4, -0.2) is 13.2 Å². The van der Waals surface area contributed by atoms with Crippen LogP contribution in [0.2, 0.25) is 0 Å². The standard InChI is InChI=1S/C17H18FNO/c1-2-19-11-14-10-13(6-7-16(14)18)15-5-3-4-12-8-9-20-17(12)15/h3-7,10,19H,2,8-9,11H2,1H3. The Hall–Kier alpha value is -1.87. The third-order valence-corrected chi connectivity index (χ3v) is 3.64. The minimum atomic E-state index is -0.164. The average Bonchev–Trinajstić information content (AvgIpc) is 2.95. The van der Waals surface area contributed by atoms with Gasteiger partial charge in [-0.15, -0.1) is 0 Å². The number of rotatable bonds is 4. The highest BCUT2D eigenvalue weighted by Crippen LogP contribution is 2.37. The van der Waals surface area contributed by atoms with Gasteiger partial charge in [-0.05, 0) is 29.8 Å². The summed E-state index contributed by atoms with van der Waals surface area (Å²) < 4.78 is 19.5. The van der Waals surface area contributed by atoms with E-state index in [1.807, 2.05) is 31.2 Å². The van der Waals surface area contributed by atoms with Gasteiger partial charge in [0.25, 0.3) is 0 Å². The second kappa shape index (κ2) is 5.63. The molecule has 0 fully saturated rings. The molecule has 2 aromatic rings. The molecule has 0 bridgehead atoms. The number of hydrogen-bond donors (Lipinski definition) is 1. The van der Waals surface area contributed by atoms with Crippen molar-refractivity contribution in [2.45, 2.75) is 19.9 Å². The molecule has 2 aromatic carbocycles. The Balaban J connectivity index is 2.00. The van der Waals surface area contributed by atoms with Crippen LogP contribution in [-0.2, 0) is 13.0 Å². The van der Waals surface area contributed by atoms with Crippen molar-refractivity contribution in [2.75, 3.05) is 13.2 Å². The molecule has 1 N–H and O–H groups in total. The molecule has 2 nitrogen and oxygen atoms in total. The predicted molar refractivity (Wildman–Crippen MR) is 78.4 cm³/mol. The van der Waals surface area contributed by atoms with Gasteiger partial charge in [-0.3, -0.25) is 0 Å². The Bertz CT molecular complexity index is 624. The normalized spacial score (nSPS) is 13.1. The molecule has 0 radical (unpaired) electrons. The number of para-hydroxylation sites is 1. The van der Waals surface area contributed by atoms with E-state index in [9.17, 15) is 4.39 Å². The zero-order chi connectivity index (χ0) is 13.9. The molecule has 0 spiro atoms. The van der Waals surface area contributed by atoms with Crippen molar-refractivity contribution in [3.05, 3.63) is 53.3 Å². The zero-order valence-electron chi connectivity index (χ0n) is 11.6. The fourth-order valence-electron chi connectivity index (χ4n) is 2.58. The lowest BCUT2D eigenvalue weighted by Crippen LogP contribution is -2.13. The Labute approximate surface area is 118 Å². The van der Waals surface area contributed by atoms with E-state index in [0.29, 0.717) is 12.1 Å². The van der Waals surface area contributed by atoms with Crippen LogP contribution >= 0.6 is 0 Å². The highest BCUT2D eigenvalue weighted by molar-refractivity contribution is 5.73. The number of fused-ring (bicyclic) bond motifs is 1. The molecule has 1 heterocycles. The molecule has 0 amide bonds. The Kier molecular flexibility index (Phi) is 3.70. The highest BCUT2D eigenvalue weighted by atomic mass is 19.1. The summed E-state index contributed by atoms with van der Waals surface area (Å²) in [6, 6.07) is 11.4. The van der Waals surface area contributed by atoms with Gasteiger partial charge >= 0.3 is 0 Å². The van der Waals surface area contributed by atoms with Crippen molar-refractivity contribution in [2.24, 2.45) is 0 Å². The third kappa shape index (κ3) is 2.41. The summed E-state index contributed by atoms with van der Waals surface area (Å²) in [4.78, 5) is 0. The first kappa shape index (κ1) is 13.1. The summed E-state index contributed by atoms with van der Waals surface area (Å²) >= 11 is 0. The van der Waals surface area contributed by atoms with E-state index < -0.39 is 0 Å². The van der Waals surface area contributed by atoms with E-state index in [-0.39, 0.29) is 5.82 Å². The van der Waals surface area contributed by atoms with Crippen molar-refractivity contribution in [1.29, 1.82) is 0 Å². The van der Waals surface area contributed by atoms with E-state index in [0.717, 1.165) is 36.4 Å². The van der Waals surface area contributed by atoms with Crippen LogP contribution in [0.5, 0.6) is 5.75 Å². The summed E-state index contributed by atoms with van der Waals surface area (Å²) in [5, 5.41) is 3.17. The molecule has 3 heteroatoms. The topological polar surface area (TPSA) is 21.3 Å². The average molecular weight is 271 g/mol. The lowest BCUT2D eigenvalue weighted by Gasteiger charge is -2.11. The van der Waals surface area contributed by atoms with E-state index in [4.69, 9.17) is 4.74 Å². The second-order valence-corrected chi connectivity index (χ2v) is 4.98. The zero-order valence-corrected chi connectivity index (χ0v) is 11.6. The maximum atomic E-state index is 13.8. The molecule has 1 aliphatic heterocycles. The highest BCUT2D eigenvalue weighted by Gasteiger charge is 2.17. The molecular formula is C17H18FNO. The minimum Gasteiger partial charge on any atom is -0.492 e. The van der Waals surface area contributed by atoms with Crippen molar-refractivity contribution >= 4 is 0 Å². The van der Waals surface area contributed by atoms with Gasteiger partial charge in [-0.1, -0.05) is 31.2 Å². The first-order chi connectivity index (χ1) is 9.79. The van der Waals surface area contributed by atoms with Crippen LogP contribution < -0.4 is 10.1 Å². The van der Waals surface area contributed by atoms with Crippen molar-refractivity contribution in [3.8, 4) is 16.9 Å². The molecule has 3 rings (SSSR count). The largest absolute Gasteiger partial charge is 0.492 e. The smallest absolute Gasteiger partial charge is 0.130 e. The summed E-state index contributed by atoms with van der Waals surface area (Å²) in [5.74, 6) is 0.789. The van der Waals surface area contributed by atoms with Gasteiger partial charge in [0.05, 0.1) is 6.61 Å². The van der Waals surface area contributed by atoms with Gasteiger partial charge in [0.15, 0.2) is 0 Å². The molecule has 0 aliphatic carbocycles. The van der Waals surface area contributed by atoms with Crippen molar-refractivity contribution in [1.82, 2.24) is 5.32 Å². The van der Waals surface area contributed by atoms with E-state index >= 15 is 0 Å². The number of nitrogens with one attached hydrogen (secondary N) is 1. The predicted octanol–water partition coefficient (Wildman–Crippen LogP) is 3.54. The summed E-state index contributed by atoms with van der Waals surface area (Å²) in [5.41, 5.74) is 4.00. The Morgan fingerprint density at radius 3 is 3.00 bits per heavy atom. The molecule has 0 saturated carbocycles. The first-order valence-corrected chi connectivity index (χ1v) is 7.04. The number of ether oxygens (including phenoxy) is 1. The summed E-state index contributed by atoms with van der Waals surface area (Å²) in [6.45, 7) is 4.12. The minimum absolute atomic E-state index is 0.164. The number of benzene rings is 2. The first-order valence-electron chi connectivity index (χ1n) is 7.04. The van der Waals surface area contributed by atoms with Crippen LogP contribution in [0, 0.1) is 5.82 Å². The molecule has 0 saturated heterocycles. The van der Waals surface area contributed by atoms with E-state index in [2.05, 4.69) is 11.4 Å². The molecule has 0 unspecified atom stereocenters. The van der Waals surface area contributed by atoms with Gasteiger partial charge in [0.2, 0.25) is 0 Å². The SMILES string of the molecule is CCNCc1cc(-c2cccc3c2OCC3)ccc1F.